The van der Waals surface area contributed by atoms with Crippen LogP contribution in [0.25, 0.3) is 0 Å². The summed E-state index contributed by atoms with van der Waals surface area (Å²) in [5.74, 6) is 2.26. The summed E-state index contributed by atoms with van der Waals surface area (Å²) < 4.78 is 4.99. The highest BCUT2D eigenvalue weighted by Crippen LogP contribution is 2.07. The van der Waals surface area contributed by atoms with Crippen LogP contribution in [0.1, 0.15) is 32.6 Å². The number of carbonyl (C=O) groups excluding carboxylic acids is 1. The van der Waals surface area contributed by atoms with Gasteiger partial charge in [0.1, 0.15) is 0 Å². The summed E-state index contributed by atoms with van der Waals surface area (Å²) in [5.41, 5.74) is 2.44. The van der Waals surface area contributed by atoms with Gasteiger partial charge in [-0.2, -0.15) is 0 Å². The first-order valence-electron chi connectivity index (χ1n) is 4.12. The topological polar surface area (TPSA) is 50.7 Å². The molecule has 0 amide bonds. The van der Waals surface area contributed by atoms with E-state index in [1.807, 2.05) is 0 Å². The molecule has 4 heteroatoms. The summed E-state index contributed by atoms with van der Waals surface area (Å²) in [7, 11) is 0. The van der Waals surface area contributed by atoms with Crippen LogP contribution in [0.4, 0.5) is 0 Å². The van der Waals surface area contributed by atoms with E-state index in [4.69, 9.17) is 4.74 Å². The Balaban J connectivity index is 2.23. The molecule has 1 rings (SSSR count). The standard InChI is InChI=1S/C8H12N2O2/c1-2-3-4-5-7-9-10-8(6-11)12-7/h10H,2-5H2,1H3. The van der Waals surface area contributed by atoms with Crippen LogP contribution in [0.15, 0.2) is 11.0 Å². The van der Waals surface area contributed by atoms with Crippen molar-refractivity contribution in [3.05, 3.63) is 5.88 Å². The number of ether oxygens (including phenoxy) is 1. The van der Waals surface area contributed by atoms with Gasteiger partial charge in [0.25, 0.3) is 0 Å². The second-order valence-corrected chi connectivity index (χ2v) is 2.61. The van der Waals surface area contributed by atoms with Crippen LogP contribution in [0.3, 0.4) is 0 Å². The predicted molar refractivity (Wildman–Crippen MR) is 45.0 cm³/mol. The van der Waals surface area contributed by atoms with Gasteiger partial charge in [-0.25, -0.2) is 10.2 Å². The Morgan fingerprint density at radius 1 is 1.58 bits per heavy atom. The van der Waals surface area contributed by atoms with Crippen LogP contribution in [0.5, 0.6) is 0 Å². The summed E-state index contributed by atoms with van der Waals surface area (Å²) in [6, 6.07) is 0. The number of hydrogen-bond acceptors (Lipinski definition) is 4. The summed E-state index contributed by atoms with van der Waals surface area (Å²) >= 11 is 0. The largest absolute Gasteiger partial charge is 0.414 e. The second kappa shape index (κ2) is 4.57. The molecule has 0 saturated carbocycles. The van der Waals surface area contributed by atoms with E-state index >= 15 is 0 Å². The van der Waals surface area contributed by atoms with Gasteiger partial charge >= 0.3 is 5.88 Å². The normalized spacial score (nSPS) is 14.8. The lowest BCUT2D eigenvalue weighted by molar-refractivity contribution is 0.404. The van der Waals surface area contributed by atoms with Crippen molar-refractivity contribution in [1.82, 2.24) is 5.43 Å². The van der Waals surface area contributed by atoms with Gasteiger partial charge in [-0.3, -0.25) is 0 Å². The van der Waals surface area contributed by atoms with Crippen molar-refractivity contribution in [2.75, 3.05) is 0 Å². The molecule has 1 aliphatic rings. The lowest BCUT2D eigenvalue weighted by Crippen LogP contribution is -2.00. The Bertz CT molecular complexity index is 229. The lowest BCUT2D eigenvalue weighted by Gasteiger charge is -1.96. The third-order valence-corrected chi connectivity index (χ3v) is 1.59. The fourth-order valence-electron chi connectivity index (χ4n) is 0.953. The summed E-state index contributed by atoms with van der Waals surface area (Å²) in [5, 5.41) is 3.80. The maximum absolute atomic E-state index is 10.1. The number of nitrogens with one attached hydrogen (secondary N) is 1. The minimum absolute atomic E-state index is 0.0708. The summed E-state index contributed by atoms with van der Waals surface area (Å²) in [4.78, 5) is 10.1. The molecule has 12 heavy (non-hydrogen) atoms. The Hall–Kier alpha value is -1.28. The zero-order valence-corrected chi connectivity index (χ0v) is 7.09. The van der Waals surface area contributed by atoms with E-state index in [1.54, 1.807) is 5.94 Å². The van der Waals surface area contributed by atoms with E-state index in [0.717, 1.165) is 25.7 Å². The van der Waals surface area contributed by atoms with E-state index < -0.39 is 0 Å². The van der Waals surface area contributed by atoms with Gasteiger partial charge < -0.3 is 4.74 Å². The molecule has 0 aromatic carbocycles. The van der Waals surface area contributed by atoms with Crippen LogP contribution in [-0.2, 0) is 9.53 Å². The molecule has 0 aromatic heterocycles. The Kier molecular flexibility index (Phi) is 3.35. The molecule has 0 aliphatic carbocycles. The number of unbranched alkanes of at least 4 members (excludes halogenated alkanes) is 2. The zero-order valence-electron chi connectivity index (χ0n) is 7.09. The van der Waals surface area contributed by atoms with Crippen LogP contribution in [-0.4, -0.2) is 11.8 Å². The number of hydrogen-bond donors (Lipinski definition) is 1. The maximum atomic E-state index is 10.1. The van der Waals surface area contributed by atoms with Crippen molar-refractivity contribution >= 4 is 11.8 Å². The minimum Gasteiger partial charge on any atom is -0.414 e. The number of rotatable bonds is 4. The fourth-order valence-corrected chi connectivity index (χ4v) is 0.953. The van der Waals surface area contributed by atoms with E-state index in [2.05, 4.69) is 17.5 Å². The van der Waals surface area contributed by atoms with Crippen molar-refractivity contribution < 1.29 is 9.53 Å². The molecule has 0 unspecified atom stereocenters. The van der Waals surface area contributed by atoms with Gasteiger partial charge in [-0.15, -0.1) is 5.10 Å². The van der Waals surface area contributed by atoms with E-state index in [1.165, 1.54) is 0 Å². The quantitative estimate of drug-likeness (QED) is 0.506. The van der Waals surface area contributed by atoms with Gasteiger partial charge in [-0.1, -0.05) is 19.8 Å². The molecule has 0 fully saturated rings. The van der Waals surface area contributed by atoms with Crippen LogP contribution in [0.2, 0.25) is 0 Å². The first-order chi connectivity index (χ1) is 5.86. The Morgan fingerprint density at radius 3 is 3.00 bits per heavy atom. The minimum atomic E-state index is 0.0708. The number of nitrogens with zero attached hydrogens (tertiary/aromatic N) is 1. The molecule has 0 spiro atoms. The second-order valence-electron chi connectivity index (χ2n) is 2.61. The van der Waals surface area contributed by atoms with E-state index in [0.29, 0.717) is 5.90 Å². The third kappa shape index (κ3) is 2.40. The van der Waals surface area contributed by atoms with Crippen molar-refractivity contribution in [1.29, 1.82) is 0 Å². The Labute approximate surface area is 71.3 Å². The first-order valence-corrected chi connectivity index (χ1v) is 4.12. The van der Waals surface area contributed by atoms with Gasteiger partial charge in [0, 0.05) is 6.42 Å². The molecule has 1 N–H and O–H groups in total. The number of hydrazone groups is 1. The molecule has 1 aliphatic heterocycles. The highest BCUT2D eigenvalue weighted by atomic mass is 16.5. The third-order valence-electron chi connectivity index (χ3n) is 1.59. The van der Waals surface area contributed by atoms with Crippen molar-refractivity contribution in [2.45, 2.75) is 32.6 Å². The van der Waals surface area contributed by atoms with Crippen molar-refractivity contribution in [3.63, 3.8) is 0 Å². The van der Waals surface area contributed by atoms with Crippen molar-refractivity contribution in [2.24, 2.45) is 5.10 Å². The first kappa shape index (κ1) is 8.81. The van der Waals surface area contributed by atoms with Crippen LogP contribution < -0.4 is 5.43 Å². The highest BCUT2D eigenvalue weighted by molar-refractivity contribution is 5.80. The molecular formula is C8H12N2O2. The van der Waals surface area contributed by atoms with E-state index in [-0.39, 0.29) is 5.88 Å². The monoisotopic (exact) mass is 168 g/mol. The van der Waals surface area contributed by atoms with Gasteiger partial charge in [0.05, 0.1) is 0 Å². The highest BCUT2D eigenvalue weighted by Gasteiger charge is 2.12. The van der Waals surface area contributed by atoms with Gasteiger partial charge in [0.15, 0.2) is 5.94 Å². The fraction of sp³-hybridized carbons (Fsp3) is 0.625. The average Bonchev–Trinajstić information content (AvgIpc) is 2.53. The maximum Gasteiger partial charge on any atom is 0.302 e. The van der Waals surface area contributed by atoms with Crippen molar-refractivity contribution in [3.8, 4) is 0 Å². The van der Waals surface area contributed by atoms with Crippen LogP contribution >= 0.6 is 0 Å². The zero-order chi connectivity index (χ0) is 8.81. The molecule has 0 saturated heterocycles. The molecule has 1 heterocycles. The van der Waals surface area contributed by atoms with Crippen LogP contribution in [0, 0.1) is 0 Å². The van der Waals surface area contributed by atoms with E-state index in [9.17, 15) is 4.79 Å². The predicted octanol–water partition coefficient (Wildman–Crippen LogP) is 1.17. The van der Waals surface area contributed by atoms with Gasteiger partial charge in [0.2, 0.25) is 5.90 Å². The molecule has 0 radical (unpaired) electrons. The molecular weight excluding hydrogens is 156 g/mol. The summed E-state index contributed by atoms with van der Waals surface area (Å²) in [6.07, 6.45) is 4.15. The molecule has 66 valence electrons. The summed E-state index contributed by atoms with van der Waals surface area (Å²) in [6.45, 7) is 2.13. The molecule has 0 atom stereocenters. The Morgan fingerprint density at radius 2 is 2.42 bits per heavy atom. The smallest absolute Gasteiger partial charge is 0.302 e. The van der Waals surface area contributed by atoms with Gasteiger partial charge in [-0.05, 0) is 6.42 Å². The molecule has 4 nitrogen and oxygen atoms in total. The molecule has 0 aromatic rings. The molecule has 0 bridgehead atoms. The average molecular weight is 168 g/mol. The SMILES string of the molecule is CCCCCC1=NNC(=C=O)O1. The lowest BCUT2D eigenvalue weighted by atomic mass is 10.2.